The van der Waals surface area contributed by atoms with E-state index in [1.165, 1.54) is 0 Å². The molecule has 0 aliphatic carbocycles. The van der Waals surface area contributed by atoms with E-state index in [1.54, 1.807) is 31.0 Å². The molecule has 2 rings (SSSR count). The number of terminal acetylenes is 1. The summed E-state index contributed by atoms with van der Waals surface area (Å²) in [5.74, 6) is 2.54. The average Bonchev–Trinajstić information content (AvgIpc) is 2.93. The number of carbonyl (C=O) groups excluding carboxylic acids is 1. The van der Waals surface area contributed by atoms with E-state index in [-0.39, 0.29) is 18.5 Å². The van der Waals surface area contributed by atoms with E-state index in [9.17, 15) is 9.90 Å². The fourth-order valence-electron chi connectivity index (χ4n) is 2.77. The third-order valence-corrected chi connectivity index (χ3v) is 4.14. The molecule has 0 aromatic carbocycles. The Morgan fingerprint density at radius 2 is 2.41 bits per heavy atom. The van der Waals surface area contributed by atoms with Crippen LogP contribution in [0.15, 0.2) is 12.4 Å². The number of piperidine rings is 1. The summed E-state index contributed by atoms with van der Waals surface area (Å²) in [5, 5.41) is 17.4. The predicted octanol–water partition coefficient (Wildman–Crippen LogP) is 0.232. The molecule has 0 bridgehead atoms. The first-order valence-corrected chi connectivity index (χ1v) is 7.61. The number of carbonyl (C=O) groups is 1. The van der Waals surface area contributed by atoms with Crippen LogP contribution in [0.25, 0.3) is 0 Å². The molecule has 1 aliphatic heterocycles. The molecule has 6 nitrogen and oxygen atoms in total. The van der Waals surface area contributed by atoms with Crippen LogP contribution in [0.5, 0.6) is 0 Å². The first kappa shape index (κ1) is 16.5. The van der Waals surface area contributed by atoms with E-state index in [4.69, 9.17) is 6.42 Å². The summed E-state index contributed by atoms with van der Waals surface area (Å²) >= 11 is 0. The van der Waals surface area contributed by atoms with Crippen LogP contribution in [-0.4, -0.2) is 51.4 Å². The summed E-state index contributed by atoms with van der Waals surface area (Å²) < 4.78 is 1.63. The van der Waals surface area contributed by atoms with Crippen LogP contribution in [0.4, 0.5) is 0 Å². The molecule has 6 heteroatoms. The molecule has 2 N–H and O–H groups in total. The number of amides is 1. The van der Waals surface area contributed by atoms with Gasteiger partial charge in [-0.2, -0.15) is 5.10 Å². The highest BCUT2D eigenvalue weighted by molar-refractivity contribution is 5.82. The van der Waals surface area contributed by atoms with Gasteiger partial charge in [0.15, 0.2) is 0 Å². The lowest BCUT2D eigenvalue weighted by Gasteiger charge is -2.34. The minimum atomic E-state index is -1.14. The lowest BCUT2D eigenvalue weighted by atomic mass is 9.98. The SMILES string of the molecule is C#CCN1CCCC[C@H]1C(=O)NC[C@](C)(O)c1cnn(C)c1. The Morgan fingerprint density at radius 1 is 1.64 bits per heavy atom. The van der Waals surface area contributed by atoms with Crippen molar-refractivity contribution in [2.45, 2.75) is 37.8 Å². The molecule has 0 spiro atoms. The average molecular weight is 304 g/mol. The lowest BCUT2D eigenvalue weighted by molar-refractivity contribution is -0.128. The largest absolute Gasteiger partial charge is 0.383 e. The van der Waals surface area contributed by atoms with Gasteiger partial charge in [0.25, 0.3) is 0 Å². The second-order valence-electron chi connectivity index (χ2n) is 6.08. The van der Waals surface area contributed by atoms with Crippen LogP contribution >= 0.6 is 0 Å². The van der Waals surface area contributed by atoms with Gasteiger partial charge in [-0.1, -0.05) is 12.3 Å². The quantitative estimate of drug-likeness (QED) is 0.764. The Kier molecular flexibility index (Phi) is 5.22. The van der Waals surface area contributed by atoms with Gasteiger partial charge in [-0.3, -0.25) is 14.4 Å². The Labute approximate surface area is 131 Å². The summed E-state index contributed by atoms with van der Waals surface area (Å²) in [6.07, 6.45) is 11.6. The molecule has 0 radical (unpaired) electrons. The number of aromatic nitrogens is 2. The van der Waals surface area contributed by atoms with Gasteiger partial charge in [-0.15, -0.1) is 6.42 Å². The van der Waals surface area contributed by atoms with E-state index in [0.29, 0.717) is 12.1 Å². The Hall–Kier alpha value is -1.84. The van der Waals surface area contributed by atoms with Crippen LogP contribution < -0.4 is 5.32 Å². The number of hydrogen-bond acceptors (Lipinski definition) is 4. The molecule has 1 aromatic rings. The van der Waals surface area contributed by atoms with Crippen molar-refractivity contribution in [3.8, 4) is 12.3 Å². The third kappa shape index (κ3) is 3.87. The van der Waals surface area contributed by atoms with Crippen LogP contribution in [0.1, 0.15) is 31.7 Å². The molecule has 22 heavy (non-hydrogen) atoms. The van der Waals surface area contributed by atoms with Gasteiger partial charge < -0.3 is 10.4 Å². The van der Waals surface area contributed by atoms with Crippen molar-refractivity contribution in [3.63, 3.8) is 0 Å². The maximum Gasteiger partial charge on any atom is 0.237 e. The van der Waals surface area contributed by atoms with Crippen LogP contribution in [0.3, 0.4) is 0 Å². The summed E-state index contributed by atoms with van der Waals surface area (Å²) in [7, 11) is 1.79. The number of hydrogen-bond donors (Lipinski definition) is 2. The minimum absolute atomic E-state index is 0.0703. The van der Waals surface area contributed by atoms with Gasteiger partial charge in [0.2, 0.25) is 5.91 Å². The maximum absolute atomic E-state index is 12.4. The van der Waals surface area contributed by atoms with Crippen molar-refractivity contribution in [1.29, 1.82) is 0 Å². The molecule has 1 amide bonds. The molecule has 1 aliphatic rings. The summed E-state index contributed by atoms with van der Waals surface area (Å²) in [6, 6.07) is -0.200. The van der Waals surface area contributed by atoms with Crippen molar-refractivity contribution in [1.82, 2.24) is 20.0 Å². The Balaban J connectivity index is 1.95. The van der Waals surface area contributed by atoms with Crippen LogP contribution in [0, 0.1) is 12.3 Å². The second kappa shape index (κ2) is 6.95. The maximum atomic E-state index is 12.4. The van der Waals surface area contributed by atoms with Crippen molar-refractivity contribution in [3.05, 3.63) is 18.0 Å². The number of rotatable bonds is 5. The van der Waals surface area contributed by atoms with Gasteiger partial charge >= 0.3 is 0 Å². The standard InChI is InChI=1S/C16H24N4O2/c1-4-8-20-9-6-5-7-14(20)15(21)17-12-16(2,22)13-10-18-19(3)11-13/h1,10-11,14,22H,5-9,12H2,2-3H3,(H,17,21)/t14-,16-/m0/s1. The second-order valence-corrected chi connectivity index (χ2v) is 6.08. The molecular weight excluding hydrogens is 280 g/mol. The zero-order valence-corrected chi connectivity index (χ0v) is 13.2. The first-order chi connectivity index (χ1) is 10.4. The summed E-state index contributed by atoms with van der Waals surface area (Å²) in [5.41, 5.74) is -0.463. The molecule has 1 fully saturated rings. The topological polar surface area (TPSA) is 70.4 Å². The van der Waals surface area contributed by atoms with Crippen LogP contribution in [-0.2, 0) is 17.4 Å². The van der Waals surface area contributed by atoms with Gasteiger partial charge in [0.05, 0.1) is 25.3 Å². The Morgan fingerprint density at radius 3 is 3.05 bits per heavy atom. The van der Waals surface area contributed by atoms with Gasteiger partial charge in [-0.05, 0) is 26.3 Å². The molecule has 120 valence electrons. The summed E-state index contributed by atoms with van der Waals surface area (Å²) in [6.45, 7) is 3.15. The molecule has 0 saturated carbocycles. The van der Waals surface area contributed by atoms with Crippen LogP contribution in [0.2, 0.25) is 0 Å². The van der Waals surface area contributed by atoms with Crippen molar-refractivity contribution in [2.24, 2.45) is 7.05 Å². The molecule has 1 saturated heterocycles. The molecular formula is C16H24N4O2. The highest BCUT2D eigenvalue weighted by atomic mass is 16.3. The zero-order chi connectivity index (χ0) is 16.2. The smallest absolute Gasteiger partial charge is 0.237 e. The zero-order valence-electron chi connectivity index (χ0n) is 13.2. The molecule has 2 atom stereocenters. The minimum Gasteiger partial charge on any atom is -0.383 e. The molecule has 1 aromatic heterocycles. The van der Waals surface area contributed by atoms with E-state index in [1.807, 2.05) is 4.90 Å². The third-order valence-electron chi connectivity index (χ3n) is 4.14. The van der Waals surface area contributed by atoms with Crippen molar-refractivity contribution in [2.75, 3.05) is 19.6 Å². The highest BCUT2D eigenvalue weighted by Crippen LogP contribution is 2.20. The number of aliphatic hydroxyl groups is 1. The normalized spacial score (nSPS) is 21.8. The Bertz CT molecular complexity index is 559. The summed E-state index contributed by atoms with van der Waals surface area (Å²) in [4.78, 5) is 14.4. The monoisotopic (exact) mass is 304 g/mol. The fraction of sp³-hybridized carbons (Fsp3) is 0.625. The first-order valence-electron chi connectivity index (χ1n) is 7.61. The molecule has 0 unspecified atom stereocenters. The lowest BCUT2D eigenvalue weighted by Crippen LogP contribution is -2.51. The van der Waals surface area contributed by atoms with E-state index in [0.717, 1.165) is 25.8 Å². The molecule has 2 heterocycles. The number of nitrogens with zero attached hydrogens (tertiary/aromatic N) is 3. The van der Waals surface area contributed by atoms with Gasteiger partial charge in [0, 0.05) is 18.8 Å². The van der Waals surface area contributed by atoms with Crippen molar-refractivity contribution >= 4 is 5.91 Å². The number of nitrogens with one attached hydrogen (secondary N) is 1. The van der Waals surface area contributed by atoms with E-state index in [2.05, 4.69) is 16.3 Å². The van der Waals surface area contributed by atoms with E-state index >= 15 is 0 Å². The van der Waals surface area contributed by atoms with Gasteiger partial charge in [-0.25, -0.2) is 0 Å². The fourth-order valence-corrected chi connectivity index (χ4v) is 2.77. The number of aryl methyl sites for hydroxylation is 1. The van der Waals surface area contributed by atoms with Gasteiger partial charge in [0.1, 0.15) is 5.60 Å². The van der Waals surface area contributed by atoms with Crippen molar-refractivity contribution < 1.29 is 9.90 Å². The van der Waals surface area contributed by atoms with E-state index < -0.39 is 5.60 Å². The highest BCUT2D eigenvalue weighted by Gasteiger charge is 2.31. The number of likely N-dealkylation sites (tertiary alicyclic amines) is 1. The predicted molar refractivity (Wildman–Crippen MR) is 83.8 cm³/mol.